The summed E-state index contributed by atoms with van der Waals surface area (Å²) in [5.41, 5.74) is 5.67. The molecule has 3 N–H and O–H groups in total. The molecule has 2 aliphatic rings. The van der Waals surface area contributed by atoms with Crippen LogP contribution < -0.4 is 11.1 Å². The van der Waals surface area contributed by atoms with Crippen LogP contribution in [0.15, 0.2) is 24.5 Å². The maximum Gasteiger partial charge on any atom is 0.418 e. The van der Waals surface area contributed by atoms with Crippen LogP contribution in [0, 0.1) is 19.8 Å². The molecule has 0 unspecified atom stereocenters. The highest BCUT2D eigenvalue weighted by atomic mass is 19.4. The van der Waals surface area contributed by atoms with Gasteiger partial charge in [0.2, 0.25) is 11.8 Å². The molecule has 3 aromatic rings. The van der Waals surface area contributed by atoms with Crippen LogP contribution in [0.2, 0.25) is 0 Å². The van der Waals surface area contributed by atoms with Crippen molar-refractivity contribution in [3.05, 3.63) is 46.8 Å². The van der Waals surface area contributed by atoms with Crippen LogP contribution in [0.25, 0.3) is 16.8 Å². The number of aromatic nitrogens is 3. The van der Waals surface area contributed by atoms with Gasteiger partial charge in [-0.05, 0) is 37.1 Å². The van der Waals surface area contributed by atoms with Crippen LogP contribution in [0.4, 0.5) is 32.2 Å². The fraction of sp³-hybridized carbons (Fsp3) is 0.440. The molecule has 1 aliphatic heterocycles. The number of benzene rings is 1. The van der Waals surface area contributed by atoms with E-state index >= 15 is 0 Å². The Hall–Kier alpha value is -3.84. The van der Waals surface area contributed by atoms with Crippen LogP contribution in [-0.4, -0.2) is 62.5 Å². The Morgan fingerprint density at radius 3 is 2.44 bits per heavy atom. The Kier molecular flexibility index (Phi) is 6.26. The first-order valence-electron chi connectivity index (χ1n) is 12.1. The van der Waals surface area contributed by atoms with E-state index in [4.69, 9.17) is 5.73 Å². The first-order valence-corrected chi connectivity index (χ1v) is 12.1. The zero-order valence-corrected chi connectivity index (χ0v) is 20.8. The van der Waals surface area contributed by atoms with Gasteiger partial charge in [-0.1, -0.05) is 6.07 Å². The molecule has 1 aromatic carbocycles. The van der Waals surface area contributed by atoms with Crippen LogP contribution in [-0.2, 0) is 11.0 Å². The lowest BCUT2D eigenvalue weighted by atomic mass is 9.80. The summed E-state index contributed by atoms with van der Waals surface area (Å²) in [5.74, 6) is -5.41. The van der Waals surface area contributed by atoms with Crippen molar-refractivity contribution < 1.29 is 35.9 Å². The number of nitrogens with zero attached hydrogens (tertiary/aromatic N) is 4. The van der Waals surface area contributed by atoms with Crippen LogP contribution >= 0.6 is 0 Å². The van der Waals surface area contributed by atoms with Crippen molar-refractivity contribution in [3.8, 4) is 11.3 Å². The molecule has 1 saturated carbocycles. The maximum absolute atomic E-state index is 14.8. The first kappa shape index (κ1) is 26.8. The molecule has 2 amide bonds. The molecule has 3 heterocycles. The monoisotopic (exact) mass is 554 g/mol. The number of fused-ring (bicyclic) bond motifs is 1. The molecule has 208 valence electrons. The van der Waals surface area contributed by atoms with Gasteiger partial charge in [-0.2, -0.15) is 18.3 Å². The number of nitrogens with one attached hydrogen (secondary N) is 1. The van der Waals surface area contributed by atoms with E-state index in [-0.39, 0.29) is 35.7 Å². The lowest BCUT2D eigenvalue weighted by Gasteiger charge is -2.36. The normalized spacial score (nSPS) is 21.3. The molecule has 1 saturated heterocycles. The van der Waals surface area contributed by atoms with Crippen molar-refractivity contribution in [1.29, 1.82) is 0 Å². The third kappa shape index (κ3) is 4.76. The van der Waals surface area contributed by atoms with Crippen molar-refractivity contribution in [2.24, 2.45) is 5.92 Å². The third-order valence-electron chi connectivity index (χ3n) is 7.30. The van der Waals surface area contributed by atoms with E-state index in [1.165, 1.54) is 6.07 Å². The highest BCUT2D eigenvalue weighted by molar-refractivity contribution is 5.97. The number of aryl methyl sites for hydroxylation is 2. The van der Waals surface area contributed by atoms with Crippen molar-refractivity contribution in [2.75, 3.05) is 18.8 Å². The number of alkyl halides is 6. The average Bonchev–Trinajstić information content (AvgIpc) is 3.39. The van der Waals surface area contributed by atoms with Gasteiger partial charge in [-0.15, -0.1) is 0 Å². The van der Waals surface area contributed by atoms with E-state index in [1.807, 2.05) is 0 Å². The quantitative estimate of drug-likeness (QED) is 0.476. The molecule has 1 aliphatic carbocycles. The minimum Gasteiger partial charge on any atom is -0.382 e. The van der Waals surface area contributed by atoms with E-state index in [0.29, 0.717) is 11.1 Å². The van der Waals surface area contributed by atoms with Gasteiger partial charge < -0.3 is 16.0 Å². The van der Waals surface area contributed by atoms with Gasteiger partial charge in [0.25, 0.3) is 5.91 Å². The summed E-state index contributed by atoms with van der Waals surface area (Å²) >= 11 is 0. The maximum atomic E-state index is 14.8. The van der Waals surface area contributed by atoms with Gasteiger partial charge in [0.05, 0.1) is 23.8 Å². The Balaban J connectivity index is 1.42. The predicted octanol–water partition coefficient (Wildman–Crippen LogP) is 3.94. The highest BCUT2D eigenvalue weighted by Crippen LogP contribution is 2.44. The van der Waals surface area contributed by atoms with E-state index in [2.05, 4.69) is 15.4 Å². The number of carbonyl (C=O) groups excluding carboxylic acids is 2. The minimum absolute atomic E-state index is 0.0243. The first-order chi connectivity index (χ1) is 18.2. The Morgan fingerprint density at radius 1 is 1.10 bits per heavy atom. The van der Waals surface area contributed by atoms with Crippen LogP contribution in [0.1, 0.15) is 39.9 Å². The molecule has 2 aromatic heterocycles. The number of rotatable bonds is 4. The summed E-state index contributed by atoms with van der Waals surface area (Å²) < 4.78 is 83.4. The molecule has 8 nitrogen and oxygen atoms in total. The average molecular weight is 554 g/mol. The lowest BCUT2D eigenvalue weighted by Crippen LogP contribution is -2.47. The number of anilines is 1. The molecule has 2 atom stereocenters. The number of halogens is 6. The van der Waals surface area contributed by atoms with E-state index in [9.17, 15) is 35.9 Å². The van der Waals surface area contributed by atoms with Crippen molar-refractivity contribution in [3.63, 3.8) is 0 Å². The highest BCUT2D eigenvalue weighted by Gasteiger charge is 2.51. The van der Waals surface area contributed by atoms with Crippen molar-refractivity contribution >= 4 is 23.1 Å². The topological polar surface area (TPSA) is 106 Å². The summed E-state index contributed by atoms with van der Waals surface area (Å²) in [6.07, 6.45) is -6.51. The Bertz CT molecular complexity index is 1480. The summed E-state index contributed by atoms with van der Waals surface area (Å²) in [4.78, 5) is 30.5. The molecular formula is C25H24F6N6O2. The standard InChI is InChI=1S/C25H24F6N6O2/c1-11-3-12(2)15(4-14(11)19-5-16(25(29,30)31)20-21(32)33-10-34-37(19)20)22(38)35-18-9-36(8-17(18)26)23(39)13-6-24(27,28)7-13/h3-5,10,13,17-18H,6-9H2,1-2H3,(H,35,38)(H2,32,33,34)/t17-,18+/m0/s1. The molecular weight excluding hydrogens is 530 g/mol. The van der Waals surface area contributed by atoms with Gasteiger partial charge in [0.1, 0.15) is 18.0 Å². The number of amides is 2. The number of nitrogen functional groups attached to an aromatic ring is 1. The Morgan fingerprint density at radius 2 is 1.79 bits per heavy atom. The van der Waals surface area contributed by atoms with Crippen LogP contribution in [0.3, 0.4) is 0 Å². The molecule has 2 fully saturated rings. The molecule has 14 heteroatoms. The lowest BCUT2D eigenvalue weighted by molar-refractivity contribution is -0.159. The third-order valence-corrected chi connectivity index (χ3v) is 7.30. The largest absolute Gasteiger partial charge is 0.418 e. The van der Waals surface area contributed by atoms with Crippen molar-refractivity contribution in [2.45, 2.75) is 51.0 Å². The van der Waals surface area contributed by atoms with E-state index in [0.717, 1.165) is 21.8 Å². The number of likely N-dealkylation sites (tertiary alicyclic amines) is 1. The minimum atomic E-state index is -4.75. The second kappa shape index (κ2) is 9.12. The predicted molar refractivity (Wildman–Crippen MR) is 128 cm³/mol. The molecule has 0 bridgehead atoms. The molecule has 39 heavy (non-hydrogen) atoms. The fourth-order valence-electron chi connectivity index (χ4n) is 5.27. The summed E-state index contributed by atoms with van der Waals surface area (Å²) in [6.45, 7) is 2.77. The van der Waals surface area contributed by atoms with Gasteiger partial charge >= 0.3 is 6.18 Å². The van der Waals surface area contributed by atoms with Gasteiger partial charge in [-0.25, -0.2) is 22.7 Å². The zero-order valence-electron chi connectivity index (χ0n) is 20.8. The molecule has 0 spiro atoms. The zero-order chi connectivity index (χ0) is 28.4. The van der Waals surface area contributed by atoms with Crippen molar-refractivity contribution in [1.82, 2.24) is 24.8 Å². The van der Waals surface area contributed by atoms with Gasteiger partial charge in [0, 0.05) is 36.4 Å². The smallest absolute Gasteiger partial charge is 0.382 e. The van der Waals surface area contributed by atoms with E-state index < -0.39 is 66.0 Å². The summed E-state index contributed by atoms with van der Waals surface area (Å²) in [7, 11) is 0. The van der Waals surface area contributed by atoms with Crippen LogP contribution in [0.5, 0.6) is 0 Å². The molecule has 0 radical (unpaired) electrons. The Labute approximate surface area is 218 Å². The number of nitrogens with two attached hydrogens (primary N) is 1. The number of carbonyl (C=O) groups is 2. The summed E-state index contributed by atoms with van der Waals surface area (Å²) in [6, 6.07) is 2.80. The molecule has 5 rings (SSSR count). The van der Waals surface area contributed by atoms with Gasteiger partial charge in [-0.3, -0.25) is 9.59 Å². The second-order valence-electron chi connectivity index (χ2n) is 10.1. The SMILES string of the molecule is Cc1cc(C)c(-c2cc(C(F)(F)F)c3c(N)ncnn23)cc1C(=O)N[C@@H]1CN(C(=O)C2CC(F)(F)C2)C[C@@H]1F. The number of hydrogen-bond acceptors (Lipinski definition) is 5. The number of hydrogen-bond donors (Lipinski definition) is 2. The summed E-state index contributed by atoms with van der Waals surface area (Å²) in [5, 5.41) is 6.48. The van der Waals surface area contributed by atoms with Gasteiger partial charge in [0.15, 0.2) is 5.82 Å². The fourth-order valence-corrected chi connectivity index (χ4v) is 5.27. The second-order valence-corrected chi connectivity index (χ2v) is 10.1. The van der Waals surface area contributed by atoms with E-state index in [1.54, 1.807) is 19.9 Å².